The largest absolute Gasteiger partial charge is 0.472 e. The maximum Gasteiger partial charge on any atom is 0.0954 e. The summed E-state index contributed by atoms with van der Waals surface area (Å²) in [7, 11) is 3.60. The zero-order valence-electron chi connectivity index (χ0n) is 10.4. The molecule has 0 fully saturated rings. The molecule has 0 radical (unpaired) electrons. The van der Waals surface area contributed by atoms with Gasteiger partial charge in [0.2, 0.25) is 0 Å². The van der Waals surface area contributed by atoms with E-state index in [2.05, 4.69) is 26.3 Å². The highest BCUT2D eigenvalue weighted by molar-refractivity contribution is 9.10. The molecule has 0 saturated heterocycles. The van der Waals surface area contributed by atoms with Gasteiger partial charge >= 0.3 is 0 Å². The standard InChI is InChI=1S/C12H16BrN3O2/c1-14-11(9-3-5-18-8-9)12-10(13)7-15-16(12)4-6-17-2/h3,5,7-8,11,14H,4,6H2,1-2H3. The second-order valence-corrected chi connectivity index (χ2v) is 4.73. The Morgan fingerprint density at radius 1 is 1.61 bits per heavy atom. The number of furan rings is 1. The summed E-state index contributed by atoms with van der Waals surface area (Å²) in [6.07, 6.45) is 5.21. The van der Waals surface area contributed by atoms with Crippen molar-refractivity contribution in [2.75, 3.05) is 20.8 Å². The number of aromatic nitrogens is 2. The molecule has 1 N–H and O–H groups in total. The highest BCUT2D eigenvalue weighted by Gasteiger charge is 2.21. The Balaban J connectivity index is 2.32. The lowest BCUT2D eigenvalue weighted by Crippen LogP contribution is -2.22. The average molecular weight is 314 g/mol. The molecule has 18 heavy (non-hydrogen) atoms. The number of ether oxygens (including phenoxy) is 1. The lowest BCUT2D eigenvalue weighted by atomic mass is 10.1. The van der Waals surface area contributed by atoms with Gasteiger partial charge in [-0.2, -0.15) is 5.10 Å². The van der Waals surface area contributed by atoms with Gasteiger partial charge in [-0.15, -0.1) is 0 Å². The molecule has 0 bridgehead atoms. The third-order valence-corrected chi connectivity index (χ3v) is 3.39. The zero-order valence-corrected chi connectivity index (χ0v) is 12.0. The molecule has 2 heterocycles. The molecular weight excluding hydrogens is 298 g/mol. The minimum Gasteiger partial charge on any atom is -0.472 e. The Labute approximate surface area is 114 Å². The molecule has 0 aliphatic heterocycles. The van der Waals surface area contributed by atoms with Gasteiger partial charge in [0, 0.05) is 12.7 Å². The summed E-state index contributed by atoms with van der Waals surface area (Å²) in [6, 6.07) is 1.99. The lowest BCUT2D eigenvalue weighted by molar-refractivity contribution is 0.182. The van der Waals surface area contributed by atoms with Crippen LogP contribution in [0.15, 0.2) is 33.7 Å². The normalized spacial score (nSPS) is 12.8. The van der Waals surface area contributed by atoms with Gasteiger partial charge in [-0.25, -0.2) is 0 Å². The molecule has 5 nitrogen and oxygen atoms in total. The molecule has 6 heteroatoms. The maximum atomic E-state index is 5.15. The molecule has 2 rings (SSSR count). The van der Waals surface area contributed by atoms with Crippen molar-refractivity contribution in [2.45, 2.75) is 12.6 Å². The van der Waals surface area contributed by atoms with E-state index in [1.807, 2.05) is 17.8 Å². The minimum atomic E-state index is 0.0393. The number of hydrogen-bond acceptors (Lipinski definition) is 4. The summed E-state index contributed by atoms with van der Waals surface area (Å²) < 4.78 is 13.1. The van der Waals surface area contributed by atoms with Crippen LogP contribution in [0.5, 0.6) is 0 Å². The first kappa shape index (κ1) is 13.3. The van der Waals surface area contributed by atoms with Crippen LogP contribution in [-0.2, 0) is 11.3 Å². The average Bonchev–Trinajstić information content (AvgIpc) is 3.00. The Bertz CT molecular complexity index is 481. The monoisotopic (exact) mass is 313 g/mol. The van der Waals surface area contributed by atoms with Crippen molar-refractivity contribution in [1.29, 1.82) is 0 Å². The van der Waals surface area contributed by atoms with Crippen LogP contribution in [0.4, 0.5) is 0 Å². The topological polar surface area (TPSA) is 52.2 Å². The van der Waals surface area contributed by atoms with Gasteiger partial charge < -0.3 is 14.5 Å². The van der Waals surface area contributed by atoms with E-state index in [4.69, 9.17) is 9.15 Å². The highest BCUT2D eigenvalue weighted by atomic mass is 79.9. The summed E-state index contributed by atoms with van der Waals surface area (Å²) in [5.41, 5.74) is 2.13. The second-order valence-electron chi connectivity index (χ2n) is 3.87. The predicted molar refractivity (Wildman–Crippen MR) is 71.4 cm³/mol. The van der Waals surface area contributed by atoms with E-state index in [0.29, 0.717) is 13.2 Å². The number of hydrogen-bond donors (Lipinski definition) is 1. The second kappa shape index (κ2) is 6.17. The van der Waals surface area contributed by atoms with Crippen molar-refractivity contribution in [3.05, 3.63) is 40.5 Å². The first-order valence-electron chi connectivity index (χ1n) is 5.67. The molecule has 0 amide bonds. The van der Waals surface area contributed by atoms with Crippen LogP contribution in [0.1, 0.15) is 17.3 Å². The van der Waals surface area contributed by atoms with Gasteiger partial charge in [-0.3, -0.25) is 4.68 Å². The van der Waals surface area contributed by atoms with Crippen LogP contribution in [0, 0.1) is 0 Å². The number of nitrogens with zero attached hydrogens (tertiary/aromatic N) is 2. The zero-order chi connectivity index (χ0) is 13.0. The fraction of sp³-hybridized carbons (Fsp3) is 0.417. The smallest absolute Gasteiger partial charge is 0.0954 e. The quantitative estimate of drug-likeness (QED) is 0.888. The molecule has 0 spiro atoms. The third-order valence-electron chi connectivity index (χ3n) is 2.78. The van der Waals surface area contributed by atoms with Crippen LogP contribution in [0.2, 0.25) is 0 Å². The van der Waals surface area contributed by atoms with Crippen molar-refractivity contribution in [3.63, 3.8) is 0 Å². The number of halogens is 1. The van der Waals surface area contributed by atoms with E-state index in [1.54, 1.807) is 25.8 Å². The first-order chi connectivity index (χ1) is 8.77. The van der Waals surface area contributed by atoms with Crippen molar-refractivity contribution in [1.82, 2.24) is 15.1 Å². The van der Waals surface area contributed by atoms with Crippen molar-refractivity contribution < 1.29 is 9.15 Å². The van der Waals surface area contributed by atoms with Gasteiger partial charge in [-0.1, -0.05) is 0 Å². The van der Waals surface area contributed by atoms with Crippen LogP contribution < -0.4 is 5.32 Å². The molecule has 0 aromatic carbocycles. The maximum absolute atomic E-state index is 5.15. The van der Waals surface area contributed by atoms with E-state index in [9.17, 15) is 0 Å². The van der Waals surface area contributed by atoms with Crippen LogP contribution in [-0.4, -0.2) is 30.5 Å². The van der Waals surface area contributed by atoms with E-state index in [1.165, 1.54) is 0 Å². The Morgan fingerprint density at radius 3 is 3.06 bits per heavy atom. The van der Waals surface area contributed by atoms with Gasteiger partial charge in [0.15, 0.2) is 0 Å². The fourth-order valence-corrected chi connectivity index (χ4v) is 2.44. The third kappa shape index (κ3) is 2.66. The summed E-state index contributed by atoms with van der Waals surface area (Å²) in [5.74, 6) is 0. The molecule has 0 aliphatic rings. The van der Waals surface area contributed by atoms with Crippen molar-refractivity contribution in [2.24, 2.45) is 0 Å². The summed E-state index contributed by atoms with van der Waals surface area (Å²) in [4.78, 5) is 0. The minimum absolute atomic E-state index is 0.0393. The Hall–Kier alpha value is -1.11. The molecule has 1 unspecified atom stereocenters. The van der Waals surface area contributed by atoms with Gasteiger partial charge in [-0.05, 0) is 29.0 Å². The molecule has 0 saturated carbocycles. The van der Waals surface area contributed by atoms with Gasteiger partial charge in [0.1, 0.15) is 0 Å². The number of rotatable bonds is 6. The number of methoxy groups -OCH3 is 1. The Morgan fingerprint density at radius 2 is 2.44 bits per heavy atom. The highest BCUT2D eigenvalue weighted by Crippen LogP contribution is 2.28. The molecule has 0 aliphatic carbocycles. The summed E-state index contributed by atoms with van der Waals surface area (Å²) in [5, 5.41) is 7.62. The fourth-order valence-electron chi connectivity index (χ4n) is 1.92. The van der Waals surface area contributed by atoms with Gasteiger partial charge in [0.25, 0.3) is 0 Å². The van der Waals surface area contributed by atoms with Crippen LogP contribution in [0.25, 0.3) is 0 Å². The molecule has 2 aromatic heterocycles. The van der Waals surface area contributed by atoms with Crippen molar-refractivity contribution >= 4 is 15.9 Å². The molecule has 1 atom stereocenters. The molecule has 2 aromatic rings. The SMILES string of the molecule is CNC(c1ccoc1)c1c(Br)cnn1CCOC. The Kier molecular flexibility index (Phi) is 4.57. The van der Waals surface area contributed by atoms with E-state index >= 15 is 0 Å². The van der Waals surface area contributed by atoms with Crippen molar-refractivity contribution in [3.8, 4) is 0 Å². The molecular formula is C12H16BrN3O2. The van der Waals surface area contributed by atoms with E-state index in [0.717, 1.165) is 15.7 Å². The number of nitrogens with one attached hydrogen (secondary N) is 1. The van der Waals surface area contributed by atoms with E-state index in [-0.39, 0.29) is 6.04 Å². The first-order valence-corrected chi connectivity index (χ1v) is 6.46. The summed E-state index contributed by atoms with van der Waals surface area (Å²) >= 11 is 3.54. The molecule has 98 valence electrons. The van der Waals surface area contributed by atoms with Crippen LogP contribution in [0.3, 0.4) is 0 Å². The van der Waals surface area contributed by atoms with Crippen LogP contribution >= 0.6 is 15.9 Å². The predicted octanol–water partition coefficient (Wildman–Crippen LogP) is 2.19. The lowest BCUT2D eigenvalue weighted by Gasteiger charge is -2.17. The van der Waals surface area contributed by atoms with Gasteiger partial charge in [0.05, 0.1) is 48.1 Å². The summed E-state index contributed by atoms with van der Waals surface area (Å²) in [6.45, 7) is 1.34. The van der Waals surface area contributed by atoms with E-state index < -0.39 is 0 Å².